The summed E-state index contributed by atoms with van der Waals surface area (Å²) in [6.07, 6.45) is 4.58. The van der Waals surface area contributed by atoms with Gasteiger partial charge in [-0.3, -0.25) is 9.69 Å². The van der Waals surface area contributed by atoms with Crippen LogP contribution in [-0.2, 0) is 9.59 Å². The van der Waals surface area contributed by atoms with Crippen LogP contribution in [-0.4, -0.2) is 36.2 Å². The Morgan fingerprint density at radius 3 is 2.84 bits per heavy atom. The average Bonchev–Trinajstić information content (AvgIpc) is 2.46. The van der Waals surface area contributed by atoms with Crippen LogP contribution in [0.15, 0.2) is 30.3 Å². The minimum Gasteiger partial charge on any atom is -0.326 e. The van der Waals surface area contributed by atoms with Crippen LogP contribution in [0.2, 0.25) is 0 Å². The first-order chi connectivity index (χ1) is 9.29. The van der Waals surface area contributed by atoms with Crippen LogP contribution < -0.4 is 5.32 Å². The Bertz CT molecular complexity index is 419. The SMILES string of the molecule is O=CC1CCCCN1CCC(=O)Nc1ccccc1. The van der Waals surface area contributed by atoms with Crippen LogP contribution in [0.3, 0.4) is 0 Å². The molecule has 4 nitrogen and oxygen atoms in total. The molecule has 1 unspecified atom stereocenters. The van der Waals surface area contributed by atoms with Gasteiger partial charge in [0.25, 0.3) is 0 Å². The largest absolute Gasteiger partial charge is 0.326 e. The van der Waals surface area contributed by atoms with Crippen molar-refractivity contribution in [3.8, 4) is 0 Å². The summed E-state index contributed by atoms with van der Waals surface area (Å²) in [6.45, 7) is 1.57. The molecule has 1 heterocycles. The Labute approximate surface area is 113 Å². The van der Waals surface area contributed by atoms with Gasteiger partial charge >= 0.3 is 0 Å². The molecule has 1 amide bonds. The van der Waals surface area contributed by atoms with Crippen molar-refractivity contribution in [1.29, 1.82) is 0 Å². The third-order valence-corrected chi connectivity index (χ3v) is 3.50. The summed E-state index contributed by atoms with van der Waals surface area (Å²) in [5.41, 5.74) is 0.818. The third kappa shape index (κ3) is 4.17. The molecule has 1 aromatic carbocycles. The lowest BCUT2D eigenvalue weighted by Gasteiger charge is -2.31. The van der Waals surface area contributed by atoms with Crippen LogP contribution in [0, 0.1) is 0 Å². The van der Waals surface area contributed by atoms with Gasteiger partial charge in [0.2, 0.25) is 5.91 Å². The van der Waals surface area contributed by atoms with Crippen molar-refractivity contribution in [1.82, 2.24) is 4.90 Å². The van der Waals surface area contributed by atoms with E-state index in [0.717, 1.165) is 37.8 Å². The number of benzene rings is 1. The maximum absolute atomic E-state index is 11.8. The van der Waals surface area contributed by atoms with Crippen molar-refractivity contribution in [2.45, 2.75) is 31.7 Å². The number of piperidine rings is 1. The van der Waals surface area contributed by atoms with Gasteiger partial charge in [-0.25, -0.2) is 0 Å². The van der Waals surface area contributed by atoms with Crippen molar-refractivity contribution < 1.29 is 9.59 Å². The molecule has 1 aromatic rings. The number of nitrogens with one attached hydrogen (secondary N) is 1. The topological polar surface area (TPSA) is 49.4 Å². The number of hydrogen-bond donors (Lipinski definition) is 1. The second-order valence-corrected chi connectivity index (χ2v) is 4.90. The highest BCUT2D eigenvalue weighted by Crippen LogP contribution is 2.15. The number of rotatable bonds is 5. The fraction of sp³-hybridized carbons (Fsp3) is 0.467. The molecule has 1 atom stereocenters. The number of likely N-dealkylation sites (tertiary alicyclic amines) is 1. The Balaban J connectivity index is 1.78. The lowest BCUT2D eigenvalue weighted by molar-refractivity contribution is -0.118. The summed E-state index contributed by atoms with van der Waals surface area (Å²) in [7, 11) is 0. The molecule has 19 heavy (non-hydrogen) atoms. The number of carbonyl (C=O) groups is 2. The molecule has 1 N–H and O–H groups in total. The number of aldehydes is 1. The van der Waals surface area contributed by atoms with Crippen molar-refractivity contribution >= 4 is 17.9 Å². The fourth-order valence-electron chi connectivity index (χ4n) is 2.44. The molecule has 1 aliphatic heterocycles. The summed E-state index contributed by atoms with van der Waals surface area (Å²) in [5, 5.41) is 2.86. The van der Waals surface area contributed by atoms with E-state index in [1.165, 1.54) is 0 Å². The van der Waals surface area contributed by atoms with E-state index < -0.39 is 0 Å². The highest BCUT2D eigenvalue weighted by Gasteiger charge is 2.21. The van der Waals surface area contributed by atoms with Crippen molar-refractivity contribution in [3.63, 3.8) is 0 Å². The normalized spacial score (nSPS) is 19.9. The Hall–Kier alpha value is -1.68. The van der Waals surface area contributed by atoms with Crippen molar-refractivity contribution in [3.05, 3.63) is 30.3 Å². The zero-order valence-electron chi connectivity index (χ0n) is 11.0. The van der Waals surface area contributed by atoms with Crippen LogP contribution in [0.1, 0.15) is 25.7 Å². The maximum Gasteiger partial charge on any atom is 0.225 e. The minimum absolute atomic E-state index is 0.00132. The Morgan fingerprint density at radius 1 is 1.32 bits per heavy atom. The minimum atomic E-state index is -0.00160. The van der Waals surface area contributed by atoms with Gasteiger partial charge in [-0.15, -0.1) is 0 Å². The molecule has 0 saturated carbocycles. The van der Waals surface area contributed by atoms with Crippen LogP contribution in [0.5, 0.6) is 0 Å². The third-order valence-electron chi connectivity index (χ3n) is 3.50. The van der Waals surface area contributed by atoms with Gasteiger partial charge in [-0.2, -0.15) is 0 Å². The summed E-state index contributed by atoms with van der Waals surface area (Å²) in [4.78, 5) is 24.9. The number of amides is 1. The smallest absolute Gasteiger partial charge is 0.225 e. The van der Waals surface area contributed by atoms with Crippen molar-refractivity contribution in [2.75, 3.05) is 18.4 Å². The van der Waals surface area contributed by atoms with Gasteiger partial charge in [0, 0.05) is 18.7 Å². The molecule has 1 aliphatic rings. The van der Waals surface area contributed by atoms with Crippen molar-refractivity contribution in [2.24, 2.45) is 0 Å². The zero-order valence-corrected chi connectivity index (χ0v) is 11.0. The van der Waals surface area contributed by atoms with Gasteiger partial charge in [0.15, 0.2) is 0 Å². The summed E-state index contributed by atoms with van der Waals surface area (Å²) >= 11 is 0. The molecule has 0 spiro atoms. The second-order valence-electron chi connectivity index (χ2n) is 4.90. The lowest BCUT2D eigenvalue weighted by Crippen LogP contribution is -2.41. The highest BCUT2D eigenvalue weighted by atomic mass is 16.1. The Morgan fingerprint density at radius 2 is 2.11 bits per heavy atom. The molecule has 0 aliphatic carbocycles. The number of hydrogen-bond acceptors (Lipinski definition) is 3. The standard InChI is InChI=1S/C15H20N2O2/c18-12-14-8-4-5-10-17(14)11-9-15(19)16-13-6-2-1-3-7-13/h1-3,6-7,12,14H,4-5,8-11H2,(H,16,19). The molecule has 1 saturated heterocycles. The molecule has 0 bridgehead atoms. The van der Waals surface area contributed by atoms with E-state index in [-0.39, 0.29) is 11.9 Å². The zero-order chi connectivity index (χ0) is 13.5. The highest BCUT2D eigenvalue weighted by molar-refractivity contribution is 5.90. The molecule has 102 valence electrons. The van der Waals surface area contributed by atoms with Crippen LogP contribution in [0.25, 0.3) is 0 Å². The molecular weight excluding hydrogens is 240 g/mol. The van der Waals surface area contributed by atoms with E-state index >= 15 is 0 Å². The fourth-order valence-corrected chi connectivity index (χ4v) is 2.44. The summed E-state index contributed by atoms with van der Waals surface area (Å²) in [5.74, 6) is 0.00132. The van der Waals surface area contributed by atoms with E-state index in [9.17, 15) is 9.59 Å². The first-order valence-corrected chi connectivity index (χ1v) is 6.84. The maximum atomic E-state index is 11.8. The number of para-hydroxylation sites is 1. The van der Waals surface area contributed by atoms with Gasteiger partial charge in [-0.05, 0) is 31.5 Å². The van der Waals surface area contributed by atoms with E-state index in [0.29, 0.717) is 13.0 Å². The predicted molar refractivity (Wildman–Crippen MR) is 75.0 cm³/mol. The first kappa shape index (κ1) is 13.7. The first-order valence-electron chi connectivity index (χ1n) is 6.84. The molecule has 0 radical (unpaired) electrons. The molecule has 4 heteroatoms. The summed E-state index contributed by atoms with van der Waals surface area (Å²) < 4.78 is 0. The van der Waals surface area contributed by atoms with Gasteiger partial charge < -0.3 is 10.1 Å². The quantitative estimate of drug-likeness (QED) is 0.824. The van der Waals surface area contributed by atoms with E-state index in [1.54, 1.807) is 0 Å². The van der Waals surface area contributed by atoms with E-state index in [1.807, 2.05) is 30.3 Å². The number of anilines is 1. The molecule has 2 rings (SSSR count). The average molecular weight is 260 g/mol. The number of nitrogens with zero attached hydrogens (tertiary/aromatic N) is 1. The van der Waals surface area contributed by atoms with E-state index in [4.69, 9.17) is 0 Å². The van der Waals surface area contributed by atoms with Crippen LogP contribution >= 0.6 is 0 Å². The van der Waals surface area contributed by atoms with Gasteiger partial charge in [-0.1, -0.05) is 24.6 Å². The monoisotopic (exact) mass is 260 g/mol. The molecular formula is C15H20N2O2. The summed E-state index contributed by atoms with van der Waals surface area (Å²) in [6, 6.07) is 9.43. The van der Waals surface area contributed by atoms with E-state index in [2.05, 4.69) is 10.2 Å². The van der Waals surface area contributed by atoms with Gasteiger partial charge in [0.1, 0.15) is 6.29 Å². The Kier molecular flexibility index (Phi) is 5.10. The predicted octanol–water partition coefficient (Wildman–Crippen LogP) is 2.07. The number of carbonyl (C=O) groups excluding carboxylic acids is 2. The lowest BCUT2D eigenvalue weighted by atomic mass is 10.0. The molecule has 0 aromatic heterocycles. The molecule has 1 fully saturated rings. The van der Waals surface area contributed by atoms with Crippen LogP contribution in [0.4, 0.5) is 5.69 Å². The van der Waals surface area contributed by atoms with Gasteiger partial charge in [0.05, 0.1) is 6.04 Å². The second kappa shape index (κ2) is 7.04.